The standard InChI is InChI=1S/C26H30N4/c1-5-21-13-19(14-22-6-2-10-29(9-1)25(21)22)17-27-28-18-20-15-23-7-3-11-30-12-4-8-24(16-20)26(23)30/h13-18H,1-12H2/b27-17+,28-18+. The van der Waals surface area contributed by atoms with Gasteiger partial charge in [0.15, 0.2) is 0 Å². The second kappa shape index (κ2) is 7.57. The van der Waals surface area contributed by atoms with Crippen molar-refractivity contribution in [2.45, 2.75) is 51.4 Å². The Bertz CT molecular complexity index is 890. The van der Waals surface area contributed by atoms with E-state index in [0.29, 0.717) is 0 Å². The lowest BCUT2D eigenvalue weighted by Crippen LogP contribution is -2.34. The Morgan fingerprint density at radius 1 is 0.533 bits per heavy atom. The maximum absolute atomic E-state index is 4.42. The molecule has 0 aliphatic carbocycles. The minimum atomic E-state index is 1.19. The van der Waals surface area contributed by atoms with Crippen molar-refractivity contribution in [1.82, 2.24) is 0 Å². The van der Waals surface area contributed by atoms with Crippen molar-refractivity contribution >= 4 is 23.8 Å². The Morgan fingerprint density at radius 2 is 0.867 bits per heavy atom. The molecule has 0 unspecified atom stereocenters. The third-order valence-corrected chi connectivity index (χ3v) is 7.19. The number of benzene rings is 2. The third kappa shape index (κ3) is 3.23. The first-order chi connectivity index (χ1) is 14.8. The molecule has 2 aromatic carbocycles. The Morgan fingerprint density at radius 3 is 1.20 bits per heavy atom. The zero-order chi connectivity index (χ0) is 19.9. The van der Waals surface area contributed by atoms with Crippen molar-refractivity contribution in [1.29, 1.82) is 0 Å². The Labute approximate surface area is 179 Å². The van der Waals surface area contributed by atoms with Crippen LogP contribution < -0.4 is 9.80 Å². The van der Waals surface area contributed by atoms with Crippen LogP contribution in [0.4, 0.5) is 11.4 Å². The van der Waals surface area contributed by atoms with E-state index in [4.69, 9.17) is 0 Å². The van der Waals surface area contributed by atoms with Gasteiger partial charge in [-0.15, -0.1) is 0 Å². The van der Waals surface area contributed by atoms with Crippen LogP contribution in [0.2, 0.25) is 0 Å². The molecule has 154 valence electrons. The van der Waals surface area contributed by atoms with Gasteiger partial charge in [0.25, 0.3) is 0 Å². The van der Waals surface area contributed by atoms with Crippen LogP contribution >= 0.6 is 0 Å². The molecule has 0 fully saturated rings. The number of anilines is 2. The zero-order valence-electron chi connectivity index (χ0n) is 17.7. The summed E-state index contributed by atoms with van der Waals surface area (Å²) in [4.78, 5) is 5.17. The lowest BCUT2D eigenvalue weighted by Gasteiger charge is -2.37. The highest BCUT2D eigenvalue weighted by Gasteiger charge is 2.25. The van der Waals surface area contributed by atoms with E-state index in [2.05, 4.69) is 44.3 Å². The van der Waals surface area contributed by atoms with Crippen molar-refractivity contribution in [2.24, 2.45) is 10.2 Å². The predicted molar refractivity (Wildman–Crippen MR) is 126 cm³/mol. The molecular formula is C26H30N4. The van der Waals surface area contributed by atoms with E-state index >= 15 is 0 Å². The van der Waals surface area contributed by atoms with Gasteiger partial charge in [0.2, 0.25) is 0 Å². The summed E-state index contributed by atoms with van der Waals surface area (Å²) >= 11 is 0. The molecule has 0 amide bonds. The number of aryl methyl sites for hydroxylation is 4. The molecule has 0 saturated heterocycles. The average Bonchev–Trinajstić information content (AvgIpc) is 2.78. The van der Waals surface area contributed by atoms with Crippen LogP contribution in [0.25, 0.3) is 0 Å². The summed E-state index contributed by atoms with van der Waals surface area (Å²) in [6.45, 7) is 4.88. The lowest BCUT2D eigenvalue weighted by atomic mass is 9.90. The highest BCUT2D eigenvalue weighted by Crippen LogP contribution is 2.37. The SMILES string of the molecule is C(=N\N=C\c1cc2c3c(c1)CCCN3CCC2)/c1cc2c3c(c1)CCCN3CCC2. The second-order valence-corrected chi connectivity index (χ2v) is 9.25. The van der Waals surface area contributed by atoms with E-state index in [9.17, 15) is 0 Å². The van der Waals surface area contributed by atoms with Crippen LogP contribution in [0.15, 0.2) is 34.5 Å². The van der Waals surface area contributed by atoms with E-state index in [1.807, 2.05) is 12.4 Å². The Kier molecular flexibility index (Phi) is 4.59. The number of rotatable bonds is 3. The van der Waals surface area contributed by atoms with Gasteiger partial charge in [-0.3, -0.25) is 0 Å². The van der Waals surface area contributed by atoms with Crippen molar-refractivity contribution in [2.75, 3.05) is 36.0 Å². The normalized spacial score (nSPS) is 20.0. The molecule has 0 spiro atoms. The fourth-order valence-corrected chi connectivity index (χ4v) is 6.01. The highest BCUT2D eigenvalue weighted by molar-refractivity contribution is 5.85. The summed E-state index contributed by atoms with van der Waals surface area (Å²) in [5.41, 5.74) is 11.4. The maximum Gasteiger partial charge on any atom is 0.0568 e. The first-order valence-electron chi connectivity index (χ1n) is 11.7. The smallest absolute Gasteiger partial charge is 0.0568 e. The molecule has 0 atom stereocenters. The summed E-state index contributed by atoms with van der Waals surface area (Å²) in [6, 6.07) is 9.31. The van der Waals surface area contributed by atoms with Crippen LogP contribution in [-0.4, -0.2) is 38.6 Å². The molecule has 4 nitrogen and oxygen atoms in total. The van der Waals surface area contributed by atoms with Crippen LogP contribution in [-0.2, 0) is 25.7 Å². The van der Waals surface area contributed by atoms with E-state index in [-0.39, 0.29) is 0 Å². The van der Waals surface area contributed by atoms with Crippen molar-refractivity contribution in [3.63, 3.8) is 0 Å². The van der Waals surface area contributed by atoms with Gasteiger partial charge in [-0.2, -0.15) is 10.2 Å². The fraction of sp³-hybridized carbons (Fsp3) is 0.462. The summed E-state index contributed by atoms with van der Waals surface area (Å²) in [6.07, 6.45) is 13.7. The maximum atomic E-state index is 4.42. The van der Waals surface area contributed by atoms with E-state index in [1.54, 1.807) is 0 Å². The summed E-state index contributed by atoms with van der Waals surface area (Å²) in [5, 5.41) is 8.83. The molecule has 0 N–H and O–H groups in total. The third-order valence-electron chi connectivity index (χ3n) is 7.19. The molecular weight excluding hydrogens is 368 g/mol. The minimum absolute atomic E-state index is 1.19. The molecule has 2 aromatic rings. The minimum Gasteiger partial charge on any atom is -0.371 e. The number of nitrogens with zero attached hydrogens (tertiary/aromatic N) is 4. The van der Waals surface area contributed by atoms with Gasteiger partial charge in [-0.25, -0.2) is 0 Å². The van der Waals surface area contributed by atoms with Gasteiger partial charge in [-0.05, 0) is 109 Å². The summed E-state index contributed by atoms with van der Waals surface area (Å²) in [5.74, 6) is 0. The zero-order valence-corrected chi connectivity index (χ0v) is 17.7. The van der Waals surface area contributed by atoms with Gasteiger partial charge in [0, 0.05) is 37.6 Å². The molecule has 4 aliphatic rings. The molecule has 4 aliphatic heterocycles. The van der Waals surface area contributed by atoms with Crippen molar-refractivity contribution < 1.29 is 0 Å². The largest absolute Gasteiger partial charge is 0.371 e. The van der Waals surface area contributed by atoms with Gasteiger partial charge in [0.05, 0.1) is 12.4 Å². The molecule has 30 heavy (non-hydrogen) atoms. The topological polar surface area (TPSA) is 31.2 Å². The van der Waals surface area contributed by atoms with Crippen molar-refractivity contribution in [3.05, 3.63) is 57.6 Å². The molecule has 4 heterocycles. The molecule has 6 rings (SSSR count). The summed E-state index contributed by atoms with van der Waals surface area (Å²) in [7, 11) is 0. The van der Waals surface area contributed by atoms with E-state index in [1.165, 1.54) is 122 Å². The average molecular weight is 399 g/mol. The first-order valence-corrected chi connectivity index (χ1v) is 11.7. The quantitative estimate of drug-likeness (QED) is 0.562. The van der Waals surface area contributed by atoms with Gasteiger partial charge < -0.3 is 9.80 Å². The molecule has 0 bridgehead atoms. The van der Waals surface area contributed by atoms with E-state index in [0.717, 1.165) is 0 Å². The van der Waals surface area contributed by atoms with Crippen molar-refractivity contribution in [3.8, 4) is 0 Å². The highest BCUT2D eigenvalue weighted by atomic mass is 15.2. The molecule has 0 radical (unpaired) electrons. The van der Waals surface area contributed by atoms with Gasteiger partial charge in [-0.1, -0.05) is 0 Å². The van der Waals surface area contributed by atoms with E-state index < -0.39 is 0 Å². The molecule has 4 heteroatoms. The van der Waals surface area contributed by atoms with Crippen LogP contribution in [0, 0.1) is 0 Å². The van der Waals surface area contributed by atoms with Crippen LogP contribution in [0.1, 0.15) is 59.1 Å². The lowest BCUT2D eigenvalue weighted by molar-refractivity contribution is 0.634. The Hall–Kier alpha value is -2.62. The van der Waals surface area contributed by atoms with Crippen LogP contribution in [0.5, 0.6) is 0 Å². The second-order valence-electron chi connectivity index (χ2n) is 9.25. The summed E-state index contributed by atoms with van der Waals surface area (Å²) < 4.78 is 0. The molecule has 0 aromatic heterocycles. The monoisotopic (exact) mass is 398 g/mol. The molecule has 0 saturated carbocycles. The first kappa shape index (κ1) is 18.2. The fourth-order valence-electron chi connectivity index (χ4n) is 6.01. The van der Waals surface area contributed by atoms with Gasteiger partial charge >= 0.3 is 0 Å². The predicted octanol–water partition coefficient (Wildman–Crippen LogP) is 4.54. The Balaban J connectivity index is 1.23. The van der Waals surface area contributed by atoms with Crippen LogP contribution in [0.3, 0.4) is 0 Å². The van der Waals surface area contributed by atoms with Gasteiger partial charge in [0.1, 0.15) is 0 Å². The number of hydrogen-bond donors (Lipinski definition) is 0. The number of hydrogen-bond acceptors (Lipinski definition) is 4.